The van der Waals surface area contributed by atoms with E-state index in [2.05, 4.69) is 0 Å². The van der Waals surface area contributed by atoms with Gasteiger partial charge in [-0.1, -0.05) is 0 Å². The maximum atomic E-state index is 5.84. The van der Waals surface area contributed by atoms with Crippen LogP contribution in [0.25, 0.3) is 0 Å². The van der Waals surface area contributed by atoms with Gasteiger partial charge in [0.15, 0.2) is 11.5 Å². The summed E-state index contributed by atoms with van der Waals surface area (Å²) in [7, 11) is 3.18. The maximum absolute atomic E-state index is 5.84. The zero-order valence-corrected chi connectivity index (χ0v) is 8.24. The summed E-state index contributed by atoms with van der Waals surface area (Å²) in [6.07, 6.45) is 0. The highest BCUT2D eigenvalue weighted by Crippen LogP contribution is 2.44. The molecule has 1 aliphatic heterocycles. The van der Waals surface area contributed by atoms with E-state index < -0.39 is 0 Å². The number of rotatable bonds is 2. The fourth-order valence-electron chi connectivity index (χ4n) is 1.62. The summed E-state index contributed by atoms with van der Waals surface area (Å²) in [6, 6.07) is 3.69. The SMILES string of the molecule is COc1ccc2c(c1OC)OCC2N. The van der Waals surface area contributed by atoms with Crippen molar-refractivity contribution in [1.29, 1.82) is 0 Å². The van der Waals surface area contributed by atoms with Crippen molar-refractivity contribution in [2.45, 2.75) is 6.04 Å². The van der Waals surface area contributed by atoms with Crippen LogP contribution in [-0.4, -0.2) is 20.8 Å². The molecular formula is C10H13NO3. The molecule has 14 heavy (non-hydrogen) atoms. The molecule has 0 amide bonds. The van der Waals surface area contributed by atoms with Crippen molar-refractivity contribution in [3.63, 3.8) is 0 Å². The average molecular weight is 195 g/mol. The molecule has 1 heterocycles. The van der Waals surface area contributed by atoms with E-state index in [1.54, 1.807) is 14.2 Å². The summed E-state index contributed by atoms with van der Waals surface area (Å²) in [5.41, 5.74) is 6.81. The third-order valence-corrected chi connectivity index (χ3v) is 2.34. The molecule has 1 aromatic carbocycles. The second-order valence-electron chi connectivity index (χ2n) is 3.14. The lowest BCUT2D eigenvalue weighted by Gasteiger charge is -2.11. The molecule has 0 aliphatic carbocycles. The molecule has 0 radical (unpaired) electrons. The standard InChI is InChI=1S/C10H13NO3/c1-12-8-4-3-6-7(11)5-14-9(6)10(8)13-2/h3-4,7H,5,11H2,1-2H3. The van der Waals surface area contributed by atoms with Crippen LogP contribution in [0.5, 0.6) is 17.2 Å². The number of hydrogen-bond donors (Lipinski definition) is 1. The van der Waals surface area contributed by atoms with Crippen molar-refractivity contribution in [1.82, 2.24) is 0 Å². The highest BCUT2D eigenvalue weighted by molar-refractivity contribution is 5.58. The molecule has 1 aromatic rings. The normalized spacial score (nSPS) is 18.6. The quantitative estimate of drug-likeness (QED) is 0.767. The summed E-state index contributed by atoms with van der Waals surface area (Å²) >= 11 is 0. The molecule has 0 saturated carbocycles. The van der Waals surface area contributed by atoms with Crippen LogP contribution in [0.3, 0.4) is 0 Å². The minimum atomic E-state index is -0.0650. The monoisotopic (exact) mass is 195 g/mol. The molecule has 2 rings (SSSR count). The van der Waals surface area contributed by atoms with Gasteiger partial charge in [0.1, 0.15) is 6.61 Å². The second-order valence-corrected chi connectivity index (χ2v) is 3.14. The van der Waals surface area contributed by atoms with E-state index in [-0.39, 0.29) is 6.04 Å². The van der Waals surface area contributed by atoms with Gasteiger partial charge in [0.25, 0.3) is 0 Å². The van der Waals surface area contributed by atoms with Crippen molar-refractivity contribution in [3.05, 3.63) is 17.7 Å². The Morgan fingerprint density at radius 3 is 2.79 bits per heavy atom. The molecule has 2 N–H and O–H groups in total. The van der Waals surface area contributed by atoms with Gasteiger partial charge in [-0.3, -0.25) is 0 Å². The van der Waals surface area contributed by atoms with Gasteiger partial charge in [-0.15, -0.1) is 0 Å². The van der Waals surface area contributed by atoms with Crippen molar-refractivity contribution >= 4 is 0 Å². The van der Waals surface area contributed by atoms with Crippen molar-refractivity contribution in [2.24, 2.45) is 5.73 Å². The van der Waals surface area contributed by atoms with Crippen LogP contribution >= 0.6 is 0 Å². The summed E-state index contributed by atoms with van der Waals surface area (Å²) < 4.78 is 15.8. The van der Waals surface area contributed by atoms with Crippen LogP contribution in [0, 0.1) is 0 Å². The fourth-order valence-corrected chi connectivity index (χ4v) is 1.62. The summed E-state index contributed by atoms with van der Waals surface area (Å²) in [6.45, 7) is 0.499. The van der Waals surface area contributed by atoms with Crippen molar-refractivity contribution < 1.29 is 14.2 Å². The number of benzene rings is 1. The van der Waals surface area contributed by atoms with E-state index in [0.717, 1.165) is 5.56 Å². The molecule has 0 aromatic heterocycles. The lowest BCUT2D eigenvalue weighted by Crippen LogP contribution is -2.10. The van der Waals surface area contributed by atoms with E-state index in [1.165, 1.54) is 0 Å². The number of nitrogens with two attached hydrogens (primary N) is 1. The number of methoxy groups -OCH3 is 2. The first-order chi connectivity index (χ1) is 6.77. The minimum Gasteiger partial charge on any atom is -0.493 e. The van der Waals surface area contributed by atoms with Crippen molar-refractivity contribution in [2.75, 3.05) is 20.8 Å². The lowest BCUT2D eigenvalue weighted by molar-refractivity contribution is 0.299. The second kappa shape index (κ2) is 3.38. The molecule has 1 unspecified atom stereocenters. The number of fused-ring (bicyclic) bond motifs is 1. The van der Waals surface area contributed by atoms with E-state index in [9.17, 15) is 0 Å². The number of ether oxygens (including phenoxy) is 3. The Morgan fingerprint density at radius 1 is 1.36 bits per heavy atom. The van der Waals surface area contributed by atoms with Crippen LogP contribution in [-0.2, 0) is 0 Å². The molecule has 76 valence electrons. The van der Waals surface area contributed by atoms with Gasteiger partial charge >= 0.3 is 0 Å². The van der Waals surface area contributed by atoms with E-state index >= 15 is 0 Å². The molecule has 1 atom stereocenters. The van der Waals surface area contributed by atoms with Gasteiger partial charge in [-0.25, -0.2) is 0 Å². The maximum Gasteiger partial charge on any atom is 0.203 e. The molecule has 0 bridgehead atoms. The van der Waals surface area contributed by atoms with Gasteiger partial charge in [0.2, 0.25) is 5.75 Å². The zero-order chi connectivity index (χ0) is 10.1. The van der Waals surface area contributed by atoms with Crippen molar-refractivity contribution in [3.8, 4) is 17.2 Å². The zero-order valence-electron chi connectivity index (χ0n) is 8.24. The van der Waals surface area contributed by atoms with Gasteiger partial charge < -0.3 is 19.9 Å². The molecule has 0 spiro atoms. The van der Waals surface area contributed by atoms with Crippen LogP contribution in [0.2, 0.25) is 0 Å². The Bertz CT molecular complexity index is 351. The molecule has 1 aliphatic rings. The Balaban J connectivity index is 2.54. The molecule has 0 fully saturated rings. The predicted octanol–water partition coefficient (Wildman–Crippen LogP) is 1.10. The Hall–Kier alpha value is -1.42. The topological polar surface area (TPSA) is 53.7 Å². The summed E-state index contributed by atoms with van der Waals surface area (Å²) in [5, 5.41) is 0. The van der Waals surface area contributed by atoms with E-state index in [0.29, 0.717) is 23.9 Å². The molecule has 0 saturated heterocycles. The Morgan fingerprint density at radius 2 is 2.14 bits per heavy atom. The third-order valence-electron chi connectivity index (χ3n) is 2.34. The van der Waals surface area contributed by atoms with Gasteiger partial charge in [0.05, 0.1) is 20.3 Å². The third kappa shape index (κ3) is 1.19. The van der Waals surface area contributed by atoms with Crippen LogP contribution < -0.4 is 19.9 Å². The first-order valence-corrected chi connectivity index (χ1v) is 4.41. The van der Waals surface area contributed by atoms with Crippen LogP contribution in [0.4, 0.5) is 0 Å². The summed E-state index contributed by atoms with van der Waals surface area (Å²) in [4.78, 5) is 0. The van der Waals surface area contributed by atoms with Gasteiger partial charge in [0, 0.05) is 5.56 Å². The molecule has 4 nitrogen and oxygen atoms in total. The highest BCUT2D eigenvalue weighted by Gasteiger charge is 2.26. The predicted molar refractivity (Wildman–Crippen MR) is 52.0 cm³/mol. The summed E-state index contributed by atoms with van der Waals surface area (Å²) in [5.74, 6) is 2.00. The minimum absolute atomic E-state index is 0.0650. The lowest BCUT2D eigenvalue weighted by atomic mass is 10.1. The Kier molecular flexibility index (Phi) is 2.21. The Labute approximate surface area is 82.6 Å². The van der Waals surface area contributed by atoms with Gasteiger partial charge in [-0.2, -0.15) is 0 Å². The van der Waals surface area contributed by atoms with Gasteiger partial charge in [-0.05, 0) is 12.1 Å². The first-order valence-electron chi connectivity index (χ1n) is 4.41. The fraction of sp³-hybridized carbons (Fsp3) is 0.400. The highest BCUT2D eigenvalue weighted by atomic mass is 16.5. The molecule has 4 heteroatoms. The number of hydrogen-bond acceptors (Lipinski definition) is 4. The van der Waals surface area contributed by atoms with Crippen LogP contribution in [0.15, 0.2) is 12.1 Å². The largest absolute Gasteiger partial charge is 0.493 e. The first kappa shape index (κ1) is 9.15. The average Bonchev–Trinajstić information content (AvgIpc) is 2.59. The molecular weight excluding hydrogens is 182 g/mol. The van der Waals surface area contributed by atoms with E-state index in [4.69, 9.17) is 19.9 Å². The van der Waals surface area contributed by atoms with E-state index in [1.807, 2.05) is 12.1 Å². The smallest absolute Gasteiger partial charge is 0.203 e. The van der Waals surface area contributed by atoms with Crippen LogP contribution in [0.1, 0.15) is 11.6 Å².